The monoisotopic (exact) mass is 285 g/mol. The molecule has 0 atom stereocenters. The van der Waals surface area contributed by atoms with E-state index in [1.165, 1.54) is 12.8 Å². The number of hydrogen-bond acceptors (Lipinski definition) is 4. The second-order valence-corrected chi connectivity index (χ2v) is 4.81. The SMILES string of the molecule is Cl.Nc1ccc(-c2nc(CC3CC3)no2)c(Cl)c1. The fourth-order valence-corrected chi connectivity index (χ4v) is 2.00. The summed E-state index contributed by atoms with van der Waals surface area (Å²) in [6.07, 6.45) is 3.44. The summed E-state index contributed by atoms with van der Waals surface area (Å²) in [6, 6.07) is 5.25. The number of benzene rings is 1. The third-order valence-corrected chi connectivity index (χ3v) is 3.17. The van der Waals surface area contributed by atoms with Gasteiger partial charge in [-0.05, 0) is 37.0 Å². The van der Waals surface area contributed by atoms with Crippen LogP contribution in [-0.4, -0.2) is 10.1 Å². The lowest BCUT2D eigenvalue weighted by Crippen LogP contribution is -1.90. The van der Waals surface area contributed by atoms with Crippen LogP contribution in [0.15, 0.2) is 22.7 Å². The molecular formula is C12H13Cl2N3O. The fraction of sp³-hybridized carbons (Fsp3) is 0.333. The molecule has 4 nitrogen and oxygen atoms in total. The predicted octanol–water partition coefficient (Wildman–Crippen LogP) is 3.35. The van der Waals surface area contributed by atoms with Crippen LogP contribution in [0.2, 0.25) is 5.02 Å². The van der Waals surface area contributed by atoms with Gasteiger partial charge in [-0.1, -0.05) is 16.8 Å². The van der Waals surface area contributed by atoms with Crippen LogP contribution in [-0.2, 0) is 6.42 Å². The summed E-state index contributed by atoms with van der Waals surface area (Å²) in [4.78, 5) is 4.35. The lowest BCUT2D eigenvalue weighted by atomic mass is 10.2. The Morgan fingerprint density at radius 2 is 2.17 bits per heavy atom. The molecule has 2 aromatic rings. The molecule has 2 N–H and O–H groups in total. The molecule has 0 unspecified atom stereocenters. The first-order chi connectivity index (χ1) is 8.22. The molecule has 3 rings (SSSR count). The molecule has 18 heavy (non-hydrogen) atoms. The smallest absolute Gasteiger partial charge is 0.259 e. The number of anilines is 1. The van der Waals surface area contributed by atoms with Crippen molar-refractivity contribution in [1.82, 2.24) is 10.1 Å². The first-order valence-electron chi connectivity index (χ1n) is 5.60. The van der Waals surface area contributed by atoms with Crippen molar-refractivity contribution in [2.75, 3.05) is 5.73 Å². The number of nitrogens with two attached hydrogens (primary N) is 1. The van der Waals surface area contributed by atoms with Gasteiger partial charge < -0.3 is 10.3 Å². The molecule has 0 saturated heterocycles. The Hall–Kier alpha value is -1.26. The Morgan fingerprint density at radius 3 is 2.83 bits per heavy atom. The molecule has 1 fully saturated rings. The van der Waals surface area contributed by atoms with Gasteiger partial charge in [-0.15, -0.1) is 12.4 Å². The third kappa shape index (κ3) is 2.76. The van der Waals surface area contributed by atoms with E-state index in [4.69, 9.17) is 21.9 Å². The minimum absolute atomic E-state index is 0. The van der Waals surface area contributed by atoms with Gasteiger partial charge in [-0.25, -0.2) is 0 Å². The Balaban J connectivity index is 0.00000120. The number of nitrogens with zero attached hydrogens (tertiary/aromatic N) is 2. The van der Waals surface area contributed by atoms with E-state index < -0.39 is 0 Å². The van der Waals surface area contributed by atoms with Gasteiger partial charge in [0, 0.05) is 12.1 Å². The summed E-state index contributed by atoms with van der Waals surface area (Å²) >= 11 is 6.08. The van der Waals surface area contributed by atoms with Crippen molar-refractivity contribution in [3.05, 3.63) is 29.0 Å². The van der Waals surface area contributed by atoms with Crippen LogP contribution in [0.5, 0.6) is 0 Å². The predicted molar refractivity (Wildman–Crippen MR) is 72.8 cm³/mol. The molecule has 1 aliphatic rings. The lowest BCUT2D eigenvalue weighted by Gasteiger charge is -1.99. The van der Waals surface area contributed by atoms with Gasteiger partial charge in [0.2, 0.25) is 0 Å². The Kier molecular flexibility index (Phi) is 3.78. The number of rotatable bonds is 3. The Morgan fingerprint density at radius 1 is 1.39 bits per heavy atom. The average molecular weight is 286 g/mol. The zero-order chi connectivity index (χ0) is 11.8. The molecule has 0 spiro atoms. The summed E-state index contributed by atoms with van der Waals surface area (Å²) in [5.74, 6) is 1.96. The van der Waals surface area contributed by atoms with Gasteiger partial charge in [0.05, 0.1) is 10.6 Å². The quantitative estimate of drug-likeness (QED) is 0.879. The number of hydrogen-bond donors (Lipinski definition) is 1. The zero-order valence-electron chi connectivity index (χ0n) is 9.60. The molecule has 96 valence electrons. The molecule has 1 aliphatic carbocycles. The standard InChI is InChI=1S/C12H12ClN3O.ClH/c13-10-6-8(14)3-4-9(10)12-15-11(16-17-12)5-7-1-2-7;/h3-4,6-7H,1-2,5,14H2;1H. The molecular weight excluding hydrogens is 273 g/mol. The van der Waals surface area contributed by atoms with Crippen LogP contribution in [0.25, 0.3) is 11.5 Å². The van der Waals surface area contributed by atoms with Gasteiger partial charge >= 0.3 is 0 Å². The fourth-order valence-electron chi connectivity index (χ4n) is 1.73. The first-order valence-corrected chi connectivity index (χ1v) is 5.98. The molecule has 0 radical (unpaired) electrons. The van der Waals surface area contributed by atoms with E-state index in [0.717, 1.165) is 23.7 Å². The molecule has 0 aliphatic heterocycles. The third-order valence-electron chi connectivity index (χ3n) is 2.86. The molecule has 1 aromatic heterocycles. The van der Waals surface area contributed by atoms with Crippen LogP contribution >= 0.6 is 24.0 Å². The van der Waals surface area contributed by atoms with Crippen molar-refractivity contribution >= 4 is 29.7 Å². The normalized spacial score (nSPS) is 14.3. The van der Waals surface area contributed by atoms with Crippen molar-refractivity contribution in [3.8, 4) is 11.5 Å². The van der Waals surface area contributed by atoms with Crippen molar-refractivity contribution in [1.29, 1.82) is 0 Å². The van der Waals surface area contributed by atoms with Crippen LogP contribution < -0.4 is 5.73 Å². The van der Waals surface area contributed by atoms with E-state index in [1.54, 1.807) is 18.2 Å². The Bertz CT molecular complexity index is 552. The van der Waals surface area contributed by atoms with Gasteiger partial charge in [-0.3, -0.25) is 0 Å². The topological polar surface area (TPSA) is 64.9 Å². The minimum Gasteiger partial charge on any atom is -0.399 e. The van der Waals surface area contributed by atoms with Crippen LogP contribution in [0.3, 0.4) is 0 Å². The van der Waals surface area contributed by atoms with E-state index in [-0.39, 0.29) is 12.4 Å². The molecule has 0 amide bonds. The van der Waals surface area contributed by atoms with Gasteiger partial charge in [0.15, 0.2) is 5.82 Å². The molecule has 1 aromatic carbocycles. The van der Waals surface area contributed by atoms with Gasteiger partial charge in [0.25, 0.3) is 5.89 Å². The van der Waals surface area contributed by atoms with Crippen molar-refractivity contribution < 1.29 is 4.52 Å². The Labute approximate surface area is 116 Å². The maximum atomic E-state index is 6.08. The molecule has 6 heteroatoms. The number of halogens is 2. The highest BCUT2D eigenvalue weighted by Crippen LogP contribution is 2.33. The number of aromatic nitrogens is 2. The van der Waals surface area contributed by atoms with E-state index in [1.807, 2.05) is 0 Å². The van der Waals surface area contributed by atoms with Crippen LogP contribution in [0, 0.1) is 5.92 Å². The largest absolute Gasteiger partial charge is 0.399 e. The molecule has 1 saturated carbocycles. The number of nitrogen functional groups attached to an aromatic ring is 1. The van der Waals surface area contributed by atoms with Crippen molar-refractivity contribution in [2.24, 2.45) is 5.92 Å². The van der Waals surface area contributed by atoms with Gasteiger partial charge in [0.1, 0.15) is 0 Å². The van der Waals surface area contributed by atoms with E-state index in [0.29, 0.717) is 16.6 Å². The van der Waals surface area contributed by atoms with E-state index in [2.05, 4.69) is 10.1 Å². The molecule has 0 bridgehead atoms. The summed E-state index contributed by atoms with van der Waals surface area (Å²) < 4.78 is 5.21. The van der Waals surface area contributed by atoms with E-state index in [9.17, 15) is 0 Å². The van der Waals surface area contributed by atoms with Crippen molar-refractivity contribution in [3.63, 3.8) is 0 Å². The second kappa shape index (κ2) is 5.16. The highest BCUT2D eigenvalue weighted by molar-refractivity contribution is 6.33. The maximum Gasteiger partial charge on any atom is 0.259 e. The van der Waals surface area contributed by atoms with Crippen LogP contribution in [0.1, 0.15) is 18.7 Å². The second-order valence-electron chi connectivity index (χ2n) is 4.40. The summed E-state index contributed by atoms with van der Waals surface area (Å²) in [6.45, 7) is 0. The summed E-state index contributed by atoms with van der Waals surface area (Å²) in [7, 11) is 0. The average Bonchev–Trinajstić information content (AvgIpc) is 2.96. The first kappa shape index (κ1) is 13.2. The maximum absolute atomic E-state index is 6.08. The lowest BCUT2D eigenvalue weighted by molar-refractivity contribution is 0.421. The van der Waals surface area contributed by atoms with Crippen LogP contribution in [0.4, 0.5) is 5.69 Å². The molecule has 1 heterocycles. The summed E-state index contributed by atoms with van der Waals surface area (Å²) in [5.41, 5.74) is 6.99. The zero-order valence-corrected chi connectivity index (χ0v) is 11.2. The summed E-state index contributed by atoms with van der Waals surface area (Å²) in [5, 5.41) is 4.49. The minimum atomic E-state index is 0. The van der Waals surface area contributed by atoms with Crippen molar-refractivity contribution in [2.45, 2.75) is 19.3 Å². The van der Waals surface area contributed by atoms with E-state index >= 15 is 0 Å². The van der Waals surface area contributed by atoms with Gasteiger partial charge in [-0.2, -0.15) is 4.98 Å². The highest BCUT2D eigenvalue weighted by Gasteiger charge is 2.24. The highest BCUT2D eigenvalue weighted by atomic mass is 35.5.